The third kappa shape index (κ3) is 11.0. The van der Waals surface area contributed by atoms with Gasteiger partial charge in [-0.1, -0.05) is 107 Å². The first-order chi connectivity index (χ1) is 26.9. The zero-order chi connectivity index (χ0) is 39.9. The number of hydrogen-bond acceptors (Lipinski definition) is 6. The number of nitrogens with one attached hydrogen (secondary N) is 2. The van der Waals surface area contributed by atoms with Crippen LogP contribution in [0.25, 0.3) is 11.1 Å². The van der Waals surface area contributed by atoms with E-state index in [4.69, 9.17) is 33.2 Å². The van der Waals surface area contributed by atoms with Crippen LogP contribution in [-0.4, -0.2) is 62.9 Å². The number of piperidine rings is 2. The highest BCUT2D eigenvalue weighted by atomic mass is 79.9. The summed E-state index contributed by atoms with van der Waals surface area (Å²) >= 11 is 15.7. The lowest BCUT2D eigenvalue weighted by Crippen LogP contribution is -3.00. The van der Waals surface area contributed by atoms with E-state index in [0.717, 1.165) is 72.1 Å². The molecule has 0 radical (unpaired) electrons. The maximum absolute atomic E-state index is 8.72. The predicted molar refractivity (Wildman–Crippen MR) is 241 cm³/mol. The summed E-state index contributed by atoms with van der Waals surface area (Å²) in [6.45, 7) is 7.97. The van der Waals surface area contributed by atoms with Gasteiger partial charge in [0.05, 0.1) is 11.4 Å². The molecule has 0 amide bonds. The van der Waals surface area contributed by atoms with Crippen molar-refractivity contribution >= 4 is 51.7 Å². The molecule has 0 saturated carbocycles. The summed E-state index contributed by atoms with van der Waals surface area (Å²) in [4.78, 5) is 0. The summed E-state index contributed by atoms with van der Waals surface area (Å²) < 4.78 is 4.55. The summed E-state index contributed by atoms with van der Waals surface area (Å²) in [7, 11) is 2.29. The van der Waals surface area contributed by atoms with Gasteiger partial charge in [0.1, 0.15) is 0 Å². The van der Waals surface area contributed by atoms with Gasteiger partial charge in [0.2, 0.25) is 0 Å². The Balaban J connectivity index is 0.000000207. The molecule has 2 saturated heterocycles. The molecule has 6 aromatic rings. The normalized spacial score (nSPS) is 15.3. The van der Waals surface area contributed by atoms with Crippen LogP contribution in [0.15, 0.2) is 114 Å². The molecule has 2 aromatic heterocycles. The van der Waals surface area contributed by atoms with Crippen molar-refractivity contribution in [2.24, 2.45) is 14.1 Å². The second kappa shape index (κ2) is 21.2. The molecule has 4 aromatic carbocycles. The van der Waals surface area contributed by atoms with E-state index in [-0.39, 0.29) is 30.7 Å². The zero-order valence-corrected chi connectivity index (χ0v) is 36.7. The number of hydrogen-bond donors (Lipinski definition) is 4. The molecule has 13 heteroatoms. The lowest BCUT2D eigenvalue weighted by molar-refractivity contribution is -0.0000146. The molecule has 308 valence electrons. The Morgan fingerprint density at radius 3 is 1.29 bits per heavy atom. The van der Waals surface area contributed by atoms with Crippen LogP contribution >= 0.6 is 39.1 Å². The Hall–Kier alpha value is -3.45. The van der Waals surface area contributed by atoms with Gasteiger partial charge in [0.15, 0.2) is 0 Å². The number of nitrogens with zero attached hydrogens (tertiary/aromatic N) is 4. The topological polar surface area (TPSA) is 100 Å². The lowest BCUT2D eigenvalue weighted by Gasteiger charge is -2.39. The summed E-state index contributed by atoms with van der Waals surface area (Å²) in [6.07, 6.45) is 8.11. The number of halogens is 4. The van der Waals surface area contributed by atoms with E-state index in [0.29, 0.717) is 11.2 Å². The van der Waals surface area contributed by atoms with E-state index in [9.17, 15) is 0 Å². The van der Waals surface area contributed by atoms with Crippen molar-refractivity contribution in [1.29, 1.82) is 0 Å². The van der Waals surface area contributed by atoms with Gasteiger partial charge in [0, 0.05) is 62.9 Å². The Kier molecular flexibility index (Phi) is 17.3. The molecular weight excluding hydrogens is 854 g/mol. The summed E-state index contributed by atoms with van der Waals surface area (Å²) in [5.74, 6) is 0. The molecule has 4 heterocycles. The molecule has 0 spiro atoms. The summed E-state index contributed by atoms with van der Waals surface area (Å²) in [5.41, 5.74) is 10.3. The second-order valence-electron chi connectivity index (χ2n) is 14.8. The highest BCUT2D eigenvalue weighted by molar-refractivity contribution is 9.10. The minimum absolute atomic E-state index is 0. The van der Waals surface area contributed by atoms with Gasteiger partial charge in [-0.05, 0) is 130 Å². The first kappa shape index (κ1) is 47.2. The van der Waals surface area contributed by atoms with E-state index in [1.807, 2.05) is 36.0 Å². The second-order valence-corrected chi connectivity index (χ2v) is 16.6. The Bertz CT molecular complexity index is 2120. The van der Waals surface area contributed by atoms with E-state index in [1.165, 1.54) is 33.4 Å². The minimum Gasteiger partial charge on any atom is -1.00 e. The van der Waals surface area contributed by atoms with Crippen LogP contribution in [0.1, 0.15) is 66.8 Å². The van der Waals surface area contributed by atoms with E-state index >= 15 is 0 Å². The maximum Gasteiger partial charge on any atom is 0.491 e. The average molecular weight is 908 g/mol. The molecule has 4 N–H and O–H groups in total. The SMILES string of the molecule is C.Cc1nn(C)cc1-c1ccc(C2(c3ccc(Cl)cc3)CCNCC2)cc1.Cc1nn(C)cc1B(O)O.Clc1ccc(C2(c3ccc(Br)cc3)CCNCC2)cc1.[Cl-]. The van der Waals surface area contributed by atoms with Crippen LogP contribution in [0, 0.1) is 13.8 Å². The van der Waals surface area contributed by atoms with Crippen molar-refractivity contribution in [3.63, 3.8) is 0 Å². The minimum atomic E-state index is -1.41. The third-order valence-corrected chi connectivity index (χ3v) is 12.2. The van der Waals surface area contributed by atoms with Gasteiger partial charge >= 0.3 is 7.12 Å². The largest absolute Gasteiger partial charge is 1.00 e. The molecule has 2 fully saturated rings. The smallest absolute Gasteiger partial charge is 0.491 e. The van der Waals surface area contributed by atoms with Crippen LogP contribution in [-0.2, 0) is 24.9 Å². The van der Waals surface area contributed by atoms with Crippen molar-refractivity contribution in [1.82, 2.24) is 30.2 Å². The lowest BCUT2D eigenvalue weighted by atomic mass is 9.68. The molecular formula is C45H54BBrCl3N6O2-. The number of benzene rings is 4. The van der Waals surface area contributed by atoms with Crippen LogP contribution < -0.4 is 28.5 Å². The summed E-state index contributed by atoms with van der Waals surface area (Å²) in [6, 6.07) is 34.5. The maximum atomic E-state index is 8.72. The van der Waals surface area contributed by atoms with Crippen LogP contribution in [0.3, 0.4) is 0 Å². The van der Waals surface area contributed by atoms with Gasteiger partial charge < -0.3 is 33.1 Å². The van der Waals surface area contributed by atoms with Crippen LogP contribution in [0.2, 0.25) is 10.0 Å². The molecule has 0 atom stereocenters. The summed E-state index contributed by atoms with van der Waals surface area (Å²) in [5, 5.41) is 34.4. The van der Waals surface area contributed by atoms with Gasteiger partial charge in [-0.3, -0.25) is 9.36 Å². The highest BCUT2D eigenvalue weighted by Crippen LogP contribution is 2.42. The van der Waals surface area contributed by atoms with Crippen LogP contribution in [0.5, 0.6) is 0 Å². The van der Waals surface area contributed by atoms with Crippen LogP contribution in [0.4, 0.5) is 0 Å². The molecule has 2 aliphatic heterocycles. The monoisotopic (exact) mass is 905 g/mol. The zero-order valence-electron chi connectivity index (χ0n) is 32.8. The van der Waals surface area contributed by atoms with Crippen molar-refractivity contribution in [2.75, 3.05) is 26.2 Å². The van der Waals surface area contributed by atoms with Crippen molar-refractivity contribution in [3.05, 3.63) is 158 Å². The highest BCUT2D eigenvalue weighted by Gasteiger charge is 2.36. The Morgan fingerprint density at radius 2 is 0.966 bits per heavy atom. The van der Waals surface area contributed by atoms with Gasteiger partial charge in [-0.2, -0.15) is 10.2 Å². The molecule has 58 heavy (non-hydrogen) atoms. The molecule has 0 aliphatic carbocycles. The molecule has 8 nitrogen and oxygen atoms in total. The molecule has 0 bridgehead atoms. The number of aromatic nitrogens is 4. The van der Waals surface area contributed by atoms with Gasteiger partial charge in [-0.15, -0.1) is 0 Å². The van der Waals surface area contributed by atoms with Crippen molar-refractivity contribution < 1.29 is 22.5 Å². The van der Waals surface area contributed by atoms with Crippen molar-refractivity contribution in [3.8, 4) is 11.1 Å². The number of aryl methyl sites for hydroxylation is 4. The van der Waals surface area contributed by atoms with Gasteiger partial charge in [0.25, 0.3) is 0 Å². The van der Waals surface area contributed by atoms with E-state index < -0.39 is 7.12 Å². The Labute approximate surface area is 369 Å². The Morgan fingerprint density at radius 1 is 0.603 bits per heavy atom. The van der Waals surface area contributed by atoms with E-state index in [2.05, 4.69) is 123 Å². The van der Waals surface area contributed by atoms with Gasteiger partial charge in [-0.25, -0.2) is 0 Å². The third-order valence-electron chi connectivity index (χ3n) is 11.2. The van der Waals surface area contributed by atoms with Crippen molar-refractivity contribution in [2.45, 2.75) is 57.8 Å². The number of rotatable bonds is 6. The first-order valence-corrected chi connectivity index (χ1v) is 20.6. The average Bonchev–Trinajstić information content (AvgIpc) is 3.74. The molecule has 8 rings (SSSR count). The quantitative estimate of drug-likeness (QED) is 0.164. The predicted octanol–water partition coefficient (Wildman–Crippen LogP) is 5.54. The molecule has 2 aliphatic rings. The first-order valence-electron chi connectivity index (χ1n) is 19.1. The fraction of sp³-hybridized carbons (Fsp3) is 0.333. The standard InChI is InChI=1S/C22H24ClN3.C17H17BrClN.C5H9BN2O2.CH4.ClH/c1-16-21(15-26(2)25-16)17-3-5-18(6-4-17)22(11-13-24-14-12-22)19-7-9-20(23)10-8-19;18-15-5-1-13(2-6-15)17(9-11-20-12-10-17)14-3-7-16(19)8-4-14;1-4-5(6(9)10)3-8(2)7-4;;/h3-10,15,24H,11-14H2,1-2H3;1-8,20H,9-12H2;3,9-10H,1-2H3;1H4;1H/p-1. The fourth-order valence-electron chi connectivity index (χ4n) is 8.23. The molecule has 0 unspecified atom stereocenters. The fourth-order valence-corrected chi connectivity index (χ4v) is 8.74. The van der Waals surface area contributed by atoms with E-state index in [1.54, 1.807) is 24.9 Å².